The zero-order chi connectivity index (χ0) is 15.3. The smallest absolute Gasteiger partial charge is 0.185 e. The van der Waals surface area contributed by atoms with Crippen molar-refractivity contribution in [3.05, 3.63) is 10.6 Å². The van der Waals surface area contributed by atoms with Gasteiger partial charge in [0, 0.05) is 30.1 Å². The second-order valence-corrected chi connectivity index (χ2v) is 7.65. The first-order valence-electron chi connectivity index (χ1n) is 7.74. The molecule has 0 radical (unpaired) electrons. The number of hydrogen-bond donors (Lipinski definition) is 1. The predicted molar refractivity (Wildman–Crippen MR) is 90.9 cm³/mol. The van der Waals surface area contributed by atoms with Crippen molar-refractivity contribution in [3.8, 4) is 0 Å². The summed E-state index contributed by atoms with van der Waals surface area (Å²) in [6.45, 7) is 14.3. The standard InChI is InChI=1S/C16H31N3S/c1-8-10-13-14(11-17-16(4,5)6)20-15(18-13)19(7)12(3)9-2/h12,17H,8-11H2,1-7H3. The van der Waals surface area contributed by atoms with Crippen molar-refractivity contribution in [1.29, 1.82) is 0 Å². The fourth-order valence-corrected chi connectivity index (χ4v) is 3.01. The first kappa shape index (κ1) is 17.4. The van der Waals surface area contributed by atoms with Gasteiger partial charge >= 0.3 is 0 Å². The maximum atomic E-state index is 4.87. The van der Waals surface area contributed by atoms with Crippen molar-refractivity contribution in [3.63, 3.8) is 0 Å². The monoisotopic (exact) mass is 297 g/mol. The molecule has 0 amide bonds. The van der Waals surface area contributed by atoms with Crippen molar-refractivity contribution in [2.24, 2.45) is 0 Å². The topological polar surface area (TPSA) is 28.2 Å². The molecule has 4 heteroatoms. The number of anilines is 1. The van der Waals surface area contributed by atoms with Gasteiger partial charge in [0.05, 0.1) is 5.69 Å². The molecule has 0 saturated heterocycles. The highest BCUT2D eigenvalue weighted by atomic mass is 32.1. The Morgan fingerprint density at radius 1 is 1.30 bits per heavy atom. The van der Waals surface area contributed by atoms with Gasteiger partial charge in [-0.15, -0.1) is 11.3 Å². The van der Waals surface area contributed by atoms with Gasteiger partial charge in [-0.25, -0.2) is 4.98 Å². The Kier molecular flexibility index (Phi) is 6.46. The Hall–Kier alpha value is -0.610. The van der Waals surface area contributed by atoms with E-state index in [0.717, 1.165) is 30.9 Å². The van der Waals surface area contributed by atoms with Gasteiger partial charge in [-0.05, 0) is 40.5 Å². The molecule has 0 aliphatic rings. The molecule has 1 N–H and O–H groups in total. The van der Waals surface area contributed by atoms with Gasteiger partial charge in [-0.2, -0.15) is 0 Å². The van der Waals surface area contributed by atoms with Crippen molar-refractivity contribution < 1.29 is 0 Å². The predicted octanol–water partition coefficient (Wildman–Crippen LogP) is 4.22. The summed E-state index contributed by atoms with van der Waals surface area (Å²) in [5.74, 6) is 0. The average Bonchev–Trinajstić information content (AvgIpc) is 2.77. The van der Waals surface area contributed by atoms with Crippen molar-refractivity contribution in [2.75, 3.05) is 11.9 Å². The summed E-state index contributed by atoms with van der Waals surface area (Å²) in [6, 6.07) is 0.541. The third-order valence-electron chi connectivity index (χ3n) is 3.59. The normalized spacial score (nSPS) is 13.6. The molecule has 0 aromatic carbocycles. The SMILES string of the molecule is CCCc1nc(N(C)C(C)CC)sc1CNC(C)(C)C. The number of aromatic nitrogens is 1. The van der Waals surface area contributed by atoms with Crippen LogP contribution in [-0.4, -0.2) is 23.6 Å². The van der Waals surface area contributed by atoms with E-state index in [2.05, 4.69) is 58.8 Å². The summed E-state index contributed by atoms with van der Waals surface area (Å²) in [7, 11) is 2.16. The van der Waals surface area contributed by atoms with Gasteiger partial charge in [-0.3, -0.25) is 0 Å². The van der Waals surface area contributed by atoms with Crippen LogP contribution >= 0.6 is 11.3 Å². The van der Waals surface area contributed by atoms with Crippen LogP contribution in [0.1, 0.15) is 65.0 Å². The Morgan fingerprint density at radius 2 is 1.95 bits per heavy atom. The molecule has 0 bridgehead atoms. The lowest BCUT2D eigenvalue weighted by atomic mass is 10.1. The van der Waals surface area contributed by atoms with Crippen LogP contribution < -0.4 is 10.2 Å². The highest BCUT2D eigenvalue weighted by Gasteiger charge is 2.18. The van der Waals surface area contributed by atoms with Crippen molar-refractivity contribution in [2.45, 2.75) is 78.9 Å². The molecule has 1 aromatic rings. The molecular weight excluding hydrogens is 266 g/mol. The maximum Gasteiger partial charge on any atom is 0.185 e. The molecule has 1 aromatic heterocycles. The molecule has 116 valence electrons. The second kappa shape index (κ2) is 7.41. The first-order chi connectivity index (χ1) is 9.28. The Bertz CT molecular complexity index is 406. The van der Waals surface area contributed by atoms with E-state index >= 15 is 0 Å². The molecule has 0 saturated carbocycles. The zero-order valence-corrected chi connectivity index (χ0v) is 15.0. The third-order valence-corrected chi connectivity index (χ3v) is 4.77. The first-order valence-corrected chi connectivity index (χ1v) is 8.56. The van der Waals surface area contributed by atoms with Crippen LogP contribution in [0.2, 0.25) is 0 Å². The van der Waals surface area contributed by atoms with E-state index in [4.69, 9.17) is 4.98 Å². The summed E-state index contributed by atoms with van der Waals surface area (Å²) in [6.07, 6.45) is 3.37. The lowest BCUT2D eigenvalue weighted by Gasteiger charge is -2.22. The molecule has 1 heterocycles. The number of rotatable bonds is 7. The average molecular weight is 298 g/mol. The van der Waals surface area contributed by atoms with Gasteiger partial charge in [0.1, 0.15) is 0 Å². The summed E-state index contributed by atoms with van der Waals surface area (Å²) >= 11 is 1.84. The van der Waals surface area contributed by atoms with Gasteiger partial charge in [0.15, 0.2) is 5.13 Å². The fourth-order valence-electron chi connectivity index (χ4n) is 1.90. The Morgan fingerprint density at radius 3 is 2.45 bits per heavy atom. The van der Waals surface area contributed by atoms with Gasteiger partial charge in [0.2, 0.25) is 0 Å². The third kappa shape index (κ3) is 5.06. The number of nitrogens with one attached hydrogen (secondary N) is 1. The van der Waals surface area contributed by atoms with Crippen LogP contribution in [0.25, 0.3) is 0 Å². The zero-order valence-electron chi connectivity index (χ0n) is 14.2. The number of hydrogen-bond acceptors (Lipinski definition) is 4. The minimum absolute atomic E-state index is 0.149. The van der Waals surface area contributed by atoms with Crippen LogP contribution in [0.5, 0.6) is 0 Å². The van der Waals surface area contributed by atoms with Crippen LogP contribution in [0.3, 0.4) is 0 Å². The van der Waals surface area contributed by atoms with E-state index in [1.165, 1.54) is 10.6 Å². The van der Waals surface area contributed by atoms with E-state index in [9.17, 15) is 0 Å². The van der Waals surface area contributed by atoms with Gasteiger partial charge in [0.25, 0.3) is 0 Å². The van der Waals surface area contributed by atoms with E-state index in [1.807, 2.05) is 11.3 Å². The number of nitrogens with zero attached hydrogens (tertiary/aromatic N) is 2. The number of thiazole rings is 1. The minimum Gasteiger partial charge on any atom is -0.348 e. The molecule has 1 atom stereocenters. The van der Waals surface area contributed by atoms with Crippen molar-refractivity contribution >= 4 is 16.5 Å². The molecule has 0 spiro atoms. The van der Waals surface area contributed by atoms with E-state index < -0.39 is 0 Å². The quantitative estimate of drug-likeness (QED) is 0.817. The summed E-state index contributed by atoms with van der Waals surface area (Å²) < 4.78 is 0. The highest BCUT2D eigenvalue weighted by molar-refractivity contribution is 7.15. The highest BCUT2D eigenvalue weighted by Crippen LogP contribution is 2.28. The summed E-state index contributed by atoms with van der Waals surface area (Å²) in [4.78, 5) is 8.58. The van der Waals surface area contributed by atoms with Gasteiger partial charge in [-0.1, -0.05) is 20.3 Å². The van der Waals surface area contributed by atoms with E-state index in [1.54, 1.807) is 0 Å². The van der Waals surface area contributed by atoms with Crippen LogP contribution in [0.4, 0.5) is 5.13 Å². The molecule has 0 aliphatic heterocycles. The van der Waals surface area contributed by atoms with E-state index in [0.29, 0.717) is 6.04 Å². The fraction of sp³-hybridized carbons (Fsp3) is 0.812. The van der Waals surface area contributed by atoms with Crippen molar-refractivity contribution in [1.82, 2.24) is 10.3 Å². The second-order valence-electron chi connectivity index (χ2n) is 6.59. The molecule has 0 aliphatic carbocycles. The van der Waals surface area contributed by atoms with Crippen LogP contribution in [-0.2, 0) is 13.0 Å². The Balaban J connectivity index is 2.89. The van der Waals surface area contributed by atoms with Gasteiger partial charge < -0.3 is 10.2 Å². The lowest BCUT2D eigenvalue weighted by Crippen LogP contribution is -2.35. The maximum absolute atomic E-state index is 4.87. The molecule has 20 heavy (non-hydrogen) atoms. The van der Waals surface area contributed by atoms with Crippen LogP contribution in [0, 0.1) is 0 Å². The lowest BCUT2D eigenvalue weighted by molar-refractivity contribution is 0.425. The van der Waals surface area contributed by atoms with E-state index in [-0.39, 0.29) is 5.54 Å². The molecular formula is C16H31N3S. The summed E-state index contributed by atoms with van der Waals surface area (Å²) in [5, 5.41) is 4.74. The minimum atomic E-state index is 0.149. The summed E-state index contributed by atoms with van der Waals surface area (Å²) in [5.41, 5.74) is 1.43. The molecule has 1 unspecified atom stereocenters. The molecule has 0 fully saturated rings. The Labute approximate surface area is 128 Å². The van der Waals surface area contributed by atoms with Crippen LogP contribution in [0.15, 0.2) is 0 Å². The number of aryl methyl sites for hydroxylation is 1. The largest absolute Gasteiger partial charge is 0.348 e. The molecule has 1 rings (SSSR count). The molecule has 3 nitrogen and oxygen atoms in total.